The molecule has 1 rings (SSSR count). The van der Waals surface area contributed by atoms with E-state index >= 15 is 0 Å². The van der Waals surface area contributed by atoms with Gasteiger partial charge < -0.3 is 9.53 Å². The second-order valence-corrected chi connectivity index (χ2v) is 1.86. The second-order valence-electron chi connectivity index (χ2n) is 1.86. The third-order valence-corrected chi connectivity index (χ3v) is 1.22. The van der Waals surface area contributed by atoms with Crippen LogP contribution in [-0.2, 0) is 9.53 Å². The normalized spacial score (nSPS) is 21.5. The lowest BCUT2D eigenvalue weighted by Gasteiger charge is -1.98. The fourth-order valence-corrected chi connectivity index (χ4v) is 0.812. The Balaban J connectivity index is 2.14. The number of hydrogen-bond donors (Lipinski definition) is 0. The van der Waals surface area contributed by atoms with Crippen LogP contribution in [0.5, 0.6) is 0 Å². The van der Waals surface area contributed by atoms with Gasteiger partial charge in [-0.2, -0.15) is 0 Å². The molecule has 0 aromatic heterocycles. The molecular weight excluding hydrogens is 104 g/mol. The standard InChI is InChI=1S/C6H9O2/c7-4-3-6-2-1-5-8-6/h4H,1-3,5H2. The van der Waals surface area contributed by atoms with Crippen LogP contribution in [0.25, 0.3) is 0 Å². The van der Waals surface area contributed by atoms with Crippen molar-refractivity contribution in [2.45, 2.75) is 19.3 Å². The minimum atomic E-state index is 0.500. The van der Waals surface area contributed by atoms with Crippen LogP contribution in [0.3, 0.4) is 0 Å². The molecule has 2 nitrogen and oxygen atoms in total. The van der Waals surface area contributed by atoms with Gasteiger partial charge >= 0.3 is 0 Å². The molecule has 1 aliphatic rings. The minimum absolute atomic E-state index is 0.500. The van der Waals surface area contributed by atoms with Crippen molar-refractivity contribution < 1.29 is 9.53 Å². The topological polar surface area (TPSA) is 26.3 Å². The van der Waals surface area contributed by atoms with Crippen molar-refractivity contribution in [3.63, 3.8) is 0 Å². The third kappa shape index (κ3) is 1.30. The maximum absolute atomic E-state index is 9.86. The smallest absolute Gasteiger partial charge is 0.122 e. The van der Waals surface area contributed by atoms with E-state index in [-0.39, 0.29) is 0 Å². The van der Waals surface area contributed by atoms with E-state index in [1.807, 2.05) is 0 Å². The number of ether oxygens (including phenoxy) is 1. The molecule has 45 valence electrons. The van der Waals surface area contributed by atoms with Gasteiger partial charge in [0.2, 0.25) is 0 Å². The average molecular weight is 113 g/mol. The number of hydrogen-bond acceptors (Lipinski definition) is 2. The van der Waals surface area contributed by atoms with Crippen molar-refractivity contribution in [1.82, 2.24) is 0 Å². The zero-order chi connectivity index (χ0) is 5.82. The summed E-state index contributed by atoms with van der Waals surface area (Å²) in [5, 5.41) is 0. The molecule has 1 radical (unpaired) electrons. The Bertz CT molecular complexity index is 74.6. The van der Waals surface area contributed by atoms with Gasteiger partial charge in [-0.05, 0) is 12.8 Å². The summed E-state index contributed by atoms with van der Waals surface area (Å²) in [6.07, 6.45) is 4.42. The summed E-state index contributed by atoms with van der Waals surface area (Å²) in [7, 11) is 0. The Labute approximate surface area is 48.8 Å². The molecule has 0 saturated carbocycles. The number of carbonyl (C=O) groups excluding carboxylic acids is 1. The molecule has 0 bridgehead atoms. The van der Waals surface area contributed by atoms with Gasteiger partial charge in [0.1, 0.15) is 12.4 Å². The van der Waals surface area contributed by atoms with Gasteiger partial charge in [0.15, 0.2) is 0 Å². The zero-order valence-corrected chi connectivity index (χ0v) is 4.72. The van der Waals surface area contributed by atoms with Gasteiger partial charge in [0.25, 0.3) is 0 Å². The molecule has 0 aromatic carbocycles. The van der Waals surface area contributed by atoms with E-state index in [2.05, 4.69) is 0 Å². The van der Waals surface area contributed by atoms with Gasteiger partial charge in [0, 0.05) is 13.0 Å². The first kappa shape index (κ1) is 5.76. The van der Waals surface area contributed by atoms with Gasteiger partial charge in [-0.3, -0.25) is 0 Å². The highest BCUT2D eigenvalue weighted by Gasteiger charge is 2.14. The number of rotatable bonds is 2. The molecule has 0 unspecified atom stereocenters. The van der Waals surface area contributed by atoms with E-state index in [1.54, 1.807) is 0 Å². The molecule has 8 heavy (non-hydrogen) atoms. The number of aldehydes is 1. The molecule has 0 atom stereocenters. The summed E-state index contributed by atoms with van der Waals surface area (Å²) in [6.45, 7) is 0.809. The molecule has 0 amide bonds. The van der Waals surface area contributed by atoms with E-state index in [1.165, 1.54) is 0 Å². The summed E-state index contributed by atoms with van der Waals surface area (Å²) in [4.78, 5) is 9.86. The van der Waals surface area contributed by atoms with Crippen LogP contribution in [-0.4, -0.2) is 12.9 Å². The van der Waals surface area contributed by atoms with Crippen LogP contribution in [0.4, 0.5) is 0 Å². The summed E-state index contributed by atoms with van der Waals surface area (Å²) < 4.78 is 5.08. The molecule has 1 heterocycles. The van der Waals surface area contributed by atoms with Crippen LogP contribution in [0.1, 0.15) is 19.3 Å². The van der Waals surface area contributed by atoms with Crippen molar-refractivity contribution in [1.29, 1.82) is 0 Å². The van der Waals surface area contributed by atoms with Gasteiger partial charge in [-0.1, -0.05) is 0 Å². The van der Waals surface area contributed by atoms with Gasteiger partial charge in [-0.25, -0.2) is 0 Å². The molecular formula is C6H9O2. The van der Waals surface area contributed by atoms with Crippen LogP contribution >= 0.6 is 0 Å². The first-order chi connectivity index (χ1) is 3.93. The van der Waals surface area contributed by atoms with Crippen molar-refractivity contribution in [2.75, 3.05) is 6.61 Å². The molecule has 0 spiro atoms. The lowest BCUT2D eigenvalue weighted by atomic mass is 10.2. The van der Waals surface area contributed by atoms with Crippen LogP contribution in [0.2, 0.25) is 0 Å². The highest BCUT2D eigenvalue weighted by Crippen LogP contribution is 2.20. The van der Waals surface area contributed by atoms with E-state index in [4.69, 9.17) is 4.74 Å². The van der Waals surface area contributed by atoms with Crippen LogP contribution in [0, 0.1) is 6.10 Å². The van der Waals surface area contributed by atoms with E-state index < -0.39 is 0 Å². The summed E-state index contributed by atoms with van der Waals surface area (Å²) in [6, 6.07) is 0. The van der Waals surface area contributed by atoms with Crippen molar-refractivity contribution >= 4 is 6.29 Å². The first-order valence-electron chi connectivity index (χ1n) is 2.84. The Hall–Kier alpha value is -0.370. The Morgan fingerprint density at radius 1 is 1.75 bits per heavy atom. The fourth-order valence-electron chi connectivity index (χ4n) is 0.812. The third-order valence-electron chi connectivity index (χ3n) is 1.22. The summed E-state index contributed by atoms with van der Waals surface area (Å²) in [5.74, 6) is 0. The minimum Gasteiger partial charge on any atom is -0.372 e. The Morgan fingerprint density at radius 2 is 2.62 bits per heavy atom. The molecule has 2 heteroatoms. The molecule has 0 aromatic rings. The predicted octanol–water partition coefficient (Wildman–Crippen LogP) is 0.918. The molecule has 1 saturated heterocycles. The van der Waals surface area contributed by atoms with Crippen molar-refractivity contribution in [3.8, 4) is 0 Å². The largest absolute Gasteiger partial charge is 0.372 e. The fraction of sp³-hybridized carbons (Fsp3) is 0.667. The van der Waals surface area contributed by atoms with Gasteiger partial charge in [-0.15, -0.1) is 0 Å². The van der Waals surface area contributed by atoms with Crippen LogP contribution < -0.4 is 0 Å². The lowest BCUT2D eigenvalue weighted by Crippen LogP contribution is -1.93. The zero-order valence-electron chi connectivity index (χ0n) is 4.72. The monoisotopic (exact) mass is 113 g/mol. The lowest BCUT2D eigenvalue weighted by molar-refractivity contribution is -0.108. The number of carbonyl (C=O) groups is 1. The average Bonchev–Trinajstić information content (AvgIpc) is 2.19. The van der Waals surface area contributed by atoms with E-state index in [9.17, 15) is 4.79 Å². The highest BCUT2D eigenvalue weighted by atomic mass is 16.5. The van der Waals surface area contributed by atoms with Crippen LogP contribution in [0.15, 0.2) is 0 Å². The van der Waals surface area contributed by atoms with Gasteiger partial charge in [0.05, 0.1) is 0 Å². The van der Waals surface area contributed by atoms with Crippen molar-refractivity contribution in [3.05, 3.63) is 6.10 Å². The van der Waals surface area contributed by atoms with Crippen molar-refractivity contribution in [2.24, 2.45) is 0 Å². The van der Waals surface area contributed by atoms with E-state index in [0.29, 0.717) is 6.42 Å². The highest BCUT2D eigenvalue weighted by molar-refractivity contribution is 5.52. The Kier molecular flexibility index (Phi) is 2.03. The summed E-state index contributed by atoms with van der Waals surface area (Å²) >= 11 is 0. The maximum Gasteiger partial charge on any atom is 0.122 e. The Morgan fingerprint density at radius 3 is 3.12 bits per heavy atom. The molecule has 0 N–H and O–H groups in total. The molecule has 0 aliphatic carbocycles. The maximum atomic E-state index is 9.86. The van der Waals surface area contributed by atoms with E-state index in [0.717, 1.165) is 31.8 Å². The summed E-state index contributed by atoms with van der Waals surface area (Å²) in [5.41, 5.74) is 0. The first-order valence-corrected chi connectivity index (χ1v) is 2.84. The molecule has 1 fully saturated rings. The second kappa shape index (κ2) is 2.82. The molecule has 1 aliphatic heterocycles. The quantitative estimate of drug-likeness (QED) is 0.498. The SMILES string of the molecule is O=CC[C]1CCCO1. The predicted molar refractivity (Wildman–Crippen MR) is 29.1 cm³/mol.